The lowest BCUT2D eigenvalue weighted by Gasteiger charge is -2.08. The highest BCUT2D eigenvalue weighted by Crippen LogP contribution is 2.31. The molecule has 1 aromatic rings. The van der Waals surface area contributed by atoms with Crippen molar-refractivity contribution in [2.75, 3.05) is 6.54 Å². The van der Waals surface area contributed by atoms with E-state index >= 15 is 0 Å². The van der Waals surface area contributed by atoms with Gasteiger partial charge in [-0.3, -0.25) is 0 Å². The van der Waals surface area contributed by atoms with E-state index < -0.39 is 10.0 Å². The molecule has 6 heteroatoms. The molecule has 100 valence electrons. The zero-order valence-electron chi connectivity index (χ0n) is 9.89. The highest BCUT2D eigenvalue weighted by atomic mass is 35.5. The molecule has 2 rings (SSSR count). The zero-order chi connectivity index (χ0) is 13.2. The summed E-state index contributed by atoms with van der Waals surface area (Å²) in [6.07, 6.45) is 3.30. The monoisotopic (exact) mass is 289 g/mol. The van der Waals surface area contributed by atoms with E-state index in [1.54, 1.807) is 0 Å². The first-order valence-corrected chi connectivity index (χ1v) is 7.78. The number of hydrogen-bond donors (Lipinski definition) is 2. The van der Waals surface area contributed by atoms with Crippen LogP contribution in [0.25, 0.3) is 0 Å². The molecule has 0 atom stereocenters. The lowest BCUT2D eigenvalue weighted by Crippen LogP contribution is -2.25. The van der Waals surface area contributed by atoms with Gasteiger partial charge in [-0.15, -0.1) is 0 Å². The Kier molecular flexibility index (Phi) is 4.27. The van der Waals surface area contributed by atoms with E-state index in [1.165, 1.54) is 31.0 Å². The molecular weight excluding hydrogens is 274 g/mol. The van der Waals surface area contributed by atoms with Crippen molar-refractivity contribution in [3.05, 3.63) is 28.8 Å². The summed E-state index contributed by atoms with van der Waals surface area (Å²) in [4.78, 5) is 0.139. The van der Waals surface area contributed by atoms with Crippen LogP contribution in [0.2, 0.25) is 5.02 Å². The van der Waals surface area contributed by atoms with Gasteiger partial charge in [-0.2, -0.15) is 0 Å². The normalized spacial score (nSPS) is 15.9. The van der Waals surface area contributed by atoms with Crippen LogP contribution in [0, 0.1) is 5.92 Å². The summed E-state index contributed by atoms with van der Waals surface area (Å²) in [7, 11) is -3.49. The van der Waals surface area contributed by atoms with Crippen molar-refractivity contribution in [2.45, 2.75) is 30.8 Å². The maximum atomic E-state index is 12.0. The molecule has 0 heterocycles. The largest absolute Gasteiger partial charge is 0.392 e. The average Bonchev–Trinajstić information content (AvgIpc) is 3.12. The van der Waals surface area contributed by atoms with Gasteiger partial charge in [0.15, 0.2) is 0 Å². The Morgan fingerprint density at radius 1 is 1.39 bits per heavy atom. The van der Waals surface area contributed by atoms with Gasteiger partial charge in [-0.1, -0.05) is 30.5 Å². The number of hydrogen-bond acceptors (Lipinski definition) is 3. The van der Waals surface area contributed by atoms with Gasteiger partial charge in [0.1, 0.15) is 0 Å². The fourth-order valence-corrected chi connectivity index (χ4v) is 3.09. The Hall–Kier alpha value is -0.620. The number of aliphatic hydroxyl groups excluding tert-OH is 1. The van der Waals surface area contributed by atoms with E-state index in [2.05, 4.69) is 4.72 Å². The molecule has 0 unspecified atom stereocenters. The molecule has 4 nitrogen and oxygen atoms in total. The Bertz CT molecular complexity index is 526. The minimum Gasteiger partial charge on any atom is -0.392 e. The number of sulfonamides is 1. The number of nitrogens with one attached hydrogen (secondary N) is 1. The maximum Gasteiger partial charge on any atom is 0.240 e. The average molecular weight is 290 g/mol. The molecule has 2 N–H and O–H groups in total. The summed E-state index contributed by atoms with van der Waals surface area (Å²) in [6.45, 7) is 0.265. The minimum atomic E-state index is -3.49. The Labute approximate surface area is 112 Å². The molecule has 1 saturated carbocycles. The summed E-state index contributed by atoms with van der Waals surface area (Å²) in [5.41, 5.74) is 0.522. The van der Waals surface area contributed by atoms with E-state index in [0.717, 1.165) is 6.42 Å². The van der Waals surface area contributed by atoms with Crippen molar-refractivity contribution in [3.63, 3.8) is 0 Å². The standard InChI is InChI=1S/C12H16ClNO3S/c13-12-7-11(4-3-10(12)8-15)18(16,17)14-6-5-9-1-2-9/h3-4,7,9,14-15H,1-2,5-6,8H2. The molecule has 1 fully saturated rings. The summed E-state index contributed by atoms with van der Waals surface area (Å²) in [5, 5.41) is 9.24. The quantitative estimate of drug-likeness (QED) is 0.841. The number of halogens is 1. The summed E-state index contributed by atoms with van der Waals surface area (Å²) < 4.78 is 26.5. The first kappa shape index (κ1) is 13.8. The Balaban J connectivity index is 2.05. The molecular formula is C12H16ClNO3S. The first-order chi connectivity index (χ1) is 8.53. The summed E-state index contributed by atoms with van der Waals surface area (Å²) in [5.74, 6) is 0.688. The third-order valence-electron chi connectivity index (χ3n) is 3.05. The van der Waals surface area contributed by atoms with Gasteiger partial charge in [-0.25, -0.2) is 13.1 Å². The van der Waals surface area contributed by atoms with Gasteiger partial charge in [0.25, 0.3) is 0 Å². The molecule has 0 bridgehead atoms. The molecule has 0 saturated heterocycles. The lowest BCUT2D eigenvalue weighted by atomic mass is 10.2. The van der Waals surface area contributed by atoms with Crippen LogP contribution in [0.15, 0.2) is 23.1 Å². The molecule has 1 aliphatic carbocycles. The number of benzene rings is 1. The van der Waals surface area contributed by atoms with E-state index in [-0.39, 0.29) is 16.5 Å². The molecule has 18 heavy (non-hydrogen) atoms. The SMILES string of the molecule is O=S(=O)(NCCC1CC1)c1ccc(CO)c(Cl)c1. The third-order valence-corrected chi connectivity index (χ3v) is 4.86. The predicted molar refractivity (Wildman–Crippen MR) is 69.9 cm³/mol. The van der Waals surface area contributed by atoms with E-state index in [4.69, 9.17) is 16.7 Å². The first-order valence-electron chi connectivity index (χ1n) is 5.92. The molecule has 0 aliphatic heterocycles. The second kappa shape index (κ2) is 5.57. The molecule has 0 radical (unpaired) electrons. The molecule has 0 amide bonds. The van der Waals surface area contributed by atoms with E-state index in [0.29, 0.717) is 18.0 Å². The Morgan fingerprint density at radius 3 is 2.67 bits per heavy atom. The van der Waals surface area contributed by atoms with Gasteiger partial charge >= 0.3 is 0 Å². The van der Waals surface area contributed by atoms with Gasteiger partial charge in [-0.05, 0) is 30.0 Å². The zero-order valence-corrected chi connectivity index (χ0v) is 11.5. The number of aliphatic hydroxyl groups is 1. The third kappa shape index (κ3) is 3.45. The van der Waals surface area contributed by atoms with Crippen LogP contribution in [0.5, 0.6) is 0 Å². The van der Waals surface area contributed by atoms with Crippen molar-refractivity contribution >= 4 is 21.6 Å². The van der Waals surface area contributed by atoms with Crippen molar-refractivity contribution in [1.29, 1.82) is 0 Å². The fourth-order valence-electron chi connectivity index (χ4n) is 1.71. The number of rotatable bonds is 6. The van der Waals surface area contributed by atoms with Crippen LogP contribution in [0.3, 0.4) is 0 Å². The maximum absolute atomic E-state index is 12.0. The molecule has 1 aliphatic rings. The highest BCUT2D eigenvalue weighted by Gasteiger charge is 2.22. The van der Waals surface area contributed by atoms with Crippen LogP contribution < -0.4 is 4.72 Å². The summed E-state index contributed by atoms with van der Waals surface area (Å²) >= 11 is 5.88. The van der Waals surface area contributed by atoms with Crippen LogP contribution >= 0.6 is 11.6 Å². The highest BCUT2D eigenvalue weighted by molar-refractivity contribution is 7.89. The van der Waals surface area contributed by atoms with Crippen molar-refractivity contribution in [1.82, 2.24) is 4.72 Å². The fraction of sp³-hybridized carbons (Fsp3) is 0.500. The molecule has 1 aromatic carbocycles. The van der Waals surface area contributed by atoms with E-state index in [1.807, 2.05) is 0 Å². The summed E-state index contributed by atoms with van der Waals surface area (Å²) in [6, 6.07) is 4.35. The van der Waals surface area contributed by atoms with Crippen LogP contribution in [0.4, 0.5) is 0 Å². The Morgan fingerprint density at radius 2 is 2.11 bits per heavy atom. The lowest BCUT2D eigenvalue weighted by molar-refractivity contribution is 0.282. The van der Waals surface area contributed by atoms with Crippen LogP contribution in [-0.4, -0.2) is 20.1 Å². The molecule has 0 aromatic heterocycles. The van der Waals surface area contributed by atoms with Crippen molar-refractivity contribution in [3.8, 4) is 0 Å². The van der Waals surface area contributed by atoms with Crippen molar-refractivity contribution in [2.24, 2.45) is 5.92 Å². The van der Waals surface area contributed by atoms with Gasteiger partial charge in [0, 0.05) is 11.6 Å². The topological polar surface area (TPSA) is 66.4 Å². The predicted octanol–water partition coefficient (Wildman–Crippen LogP) is 1.91. The second-order valence-electron chi connectivity index (χ2n) is 4.54. The second-order valence-corrected chi connectivity index (χ2v) is 6.72. The van der Waals surface area contributed by atoms with Gasteiger partial charge < -0.3 is 5.11 Å². The van der Waals surface area contributed by atoms with Gasteiger partial charge in [0.2, 0.25) is 10.0 Å². The van der Waals surface area contributed by atoms with Crippen LogP contribution in [-0.2, 0) is 16.6 Å². The van der Waals surface area contributed by atoms with E-state index in [9.17, 15) is 8.42 Å². The minimum absolute atomic E-state index is 0.139. The van der Waals surface area contributed by atoms with Crippen molar-refractivity contribution < 1.29 is 13.5 Å². The van der Waals surface area contributed by atoms with Crippen LogP contribution in [0.1, 0.15) is 24.8 Å². The molecule has 0 spiro atoms. The van der Waals surface area contributed by atoms with Gasteiger partial charge in [0.05, 0.1) is 11.5 Å². The smallest absolute Gasteiger partial charge is 0.240 e.